The van der Waals surface area contributed by atoms with Crippen LogP contribution >= 0.6 is 34.4 Å². The second kappa shape index (κ2) is 8.62. The van der Waals surface area contributed by atoms with Gasteiger partial charge in [0.1, 0.15) is 0 Å². The molecule has 134 valence electrons. The van der Waals surface area contributed by atoms with Gasteiger partial charge in [0.25, 0.3) is 0 Å². The van der Waals surface area contributed by atoms with Gasteiger partial charge in [0.2, 0.25) is 5.91 Å². The fraction of sp³-hybridized carbons (Fsp3) is 0.211. The van der Waals surface area contributed by atoms with Crippen LogP contribution in [0.1, 0.15) is 26.5 Å². The Labute approximate surface area is 164 Å². The quantitative estimate of drug-likeness (QED) is 0.447. The van der Waals surface area contributed by atoms with Gasteiger partial charge in [-0.05, 0) is 42.5 Å². The molecule has 0 spiro atoms. The van der Waals surface area contributed by atoms with E-state index in [1.54, 1.807) is 0 Å². The van der Waals surface area contributed by atoms with Gasteiger partial charge in [-0.2, -0.15) is 0 Å². The average Bonchev–Trinajstić information content (AvgIpc) is 3.29. The van der Waals surface area contributed by atoms with Crippen LogP contribution in [0.5, 0.6) is 0 Å². The van der Waals surface area contributed by atoms with Crippen LogP contribution in [0.15, 0.2) is 45.4 Å². The lowest BCUT2D eigenvalue weighted by molar-refractivity contribution is -0.115. The van der Waals surface area contributed by atoms with Crippen LogP contribution in [0.2, 0.25) is 0 Å². The number of hydrogen-bond acceptors (Lipinski definition) is 6. The number of thiophene rings is 1. The van der Waals surface area contributed by atoms with Crippen LogP contribution in [0.25, 0.3) is 0 Å². The molecule has 0 aliphatic rings. The van der Waals surface area contributed by atoms with Crippen LogP contribution in [0.3, 0.4) is 0 Å². The largest absolute Gasteiger partial charge is 0.325 e. The molecule has 7 heteroatoms. The molecule has 0 aliphatic carbocycles. The Balaban J connectivity index is 1.54. The molecular weight excluding hydrogens is 384 g/mol. The number of benzene rings is 1. The van der Waals surface area contributed by atoms with E-state index in [1.807, 2.05) is 54.9 Å². The van der Waals surface area contributed by atoms with Crippen molar-refractivity contribution in [3.63, 3.8) is 0 Å². The molecule has 4 nitrogen and oxygen atoms in total. The molecule has 1 amide bonds. The standard InChI is InChI=1S/C19H18N2O2S3/c1-12-5-3-6-15(13(12)2)21-18(23)9-14-10-25-19(20-14)26-11-16(22)17-7-4-8-24-17/h3-8,10H,9,11H2,1-2H3,(H,21,23). The van der Waals surface area contributed by atoms with E-state index >= 15 is 0 Å². The lowest BCUT2D eigenvalue weighted by atomic mass is 10.1. The maximum atomic E-state index is 12.3. The summed E-state index contributed by atoms with van der Waals surface area (Å²) in [5.41, 5.74) is 3.78. The topological polar surface area (TPSA) is 59.1 Å². The number of nitrogens with zero attached hydrogens (tertiary/aromatic N) is 1. The molecular formula is C19H18N2O2S3. The van der Waals surface area contributed by atoms with E-state index < -0.39 is 0 Å². The SMILES string of the molecule is Cc1cccc(NC(=O)Cc2csc(SCC(=O)c3cccs3)n2)c1C. The van der Waals surface area contributed by atoms with E-state index in [2.05, 4.69) is 10.3 Å². The van der Waals surface area contributed by atoms with E-state index in [0.717, 1.165) is 31.7 Å². The van der Waals surface area contributed by atoms with Crippen molar-refractivity contribution in [1.29, 1.82) is 0 Å². The number of nitrogens with one attached hydrogen (secondary N) is 1. The Kier molecular flexibility index (Phi) is 6.24. The predicted octanol–water partition coefficient (Wildman–Crippen LogP) is 4.98. The van der Waals surface area contributed by atoms with Gasteiger partial charge in [0, 0.05) is 11.1 Å². The van der Waals surface area contributed by atoms with Crippen molar-refractivity contribution >= 4 is 51.8 Å². The summed E-state index contributed by atoms with van der Waals surface area (Å²) in [4.78, 5) is 29.5. The highest BCUT2D eigenvalue weighted by molar-refractivity contribution is 8.01. The number of aryl methyl sites for hydroxylation is 1. The number of thioether (sulfide) groups is 1. The second-order valence-electron chi connectivity index (χ2n) is 5.77. The van der Waals surface area contributed by atoms with E-state index in [9.17, 15) is 9.59 Å². The third kappa shape index (κ3) is 4.81. The van der Waals surface area contributed by atoms with E-state index in [4.69, 9.17) is 0 Å². The Morgan fingerprint density at radius 2 is 2.00 bits per heavy atom. The van der Waals surface area contributed by atoms with Gasteiger partial charge in [0.05, 0.1) is 22.7 Å². The number of ketones is 1. The molecule has 26 heavy (non-hydrogen) atoms. The van der Waals surface area contributed by atoms with Crippen molar-refractivity contribution in [2.24, 2.45) is 0 Å². The Morgan fingerprint density at radius 1 is 1.15 bits per heavy atom. The summed E-state index contributed by atoms with van der Waals surface area (Å²) in [6.07, 6.45) is 0.226. The number of Topliss-reactive ketones (excluding diaryl/α,β-unsaturated/α-hetero) is 1. The minimum Gasteiger partial charge on any atom is -0.325 e. The molecule has 0 atom stereocenters. The van der Waals surface area contributed by atoms with Crippen LogP contribution in [0, 0.1) is 13.8 Å². The molecule has 0 radical (unpaired) electrons. The summed E-state index contributed by atoms with van der Waals surface area (Å²) in [6, 6.07) is 9.56. The Bertz CT molecular complexity index is 917. The Morgan fingerprint density at radius 3 is 2.77 bits per heavy atom. The highest BCUT2D eigenvalue weighted by Gasteiger charge is 2.12. The number of hydrogen-bond donors (Lipinski definition) is 1. The molecule has 1 aromatic carbocycles. The van der Waals surface area contributed by atoms with Gasteiger partial charge in [-0.3, -0.25) is 9.59 Å². The van der Waals surface area contributed by atoms with Crippen molar-refractivity contribution in [1.82, 2.24) is 4.98 Å². The first-order valence-electron chi connectivity index (χ1n) is 8.03. The average molecular weight is 403 g/mol. The summed E-state index contributed by atoms with van der Waals surface area (Å²) in [5, 5.41) is 6.72. The van der Waals surface area contributed by atoms with E-state index in [0.29, 0.717) is 5.75 Å². The van der Waals surface area contributed by atoms with E-state index in [-0.39, 0.29) is 18.1 Å². The third-order valence-electron chi connectivity index (χ3n) is 3.87. The number of carbonyl (C=O) groups excluding carboxylic acids is 2. The van der Waals surface area contributed by atoms with Crippen LogP contribution in [-0.2, 0) is 11.2 Å². The highest BCUT2D eigenvalue weighted by atomic mass is 32.2. The second-order valence-corrected chi connectivity index (χ2v) is 8.79. The fourth-order valence-electron chi connectivity index (χ4n) is 2.32. The number of amides is 1. The molecule has 3 rings (SSSR count). The minimum absolute atomic E-state index is 0.0878. The van der Waals surface area contributed by atoms with Crippen molar-refractivity contribution < 1.29 is 9.59 Å². The molecule has 1 N–H and O–H groups in total. The third-order valence-corrected chi connectivity index (χ3v) is 6.85. The summed E-state index contributed by atoms with van der Waals surface area (Å²) >= 11 is 4.33. The molecule has 3 aromatic rings. The van der Waals surface area contributed by atoms with Crippen LogP contribution in [0.4, 0.5) is 5.69 Å². The van der Waals surface area contributed by atoms with Crippen molar-refractivity contribution in [2.45, 2.75) is 24.6 Å². The molecule has 0 aliphatic heterocycles. The van der Waals surface area contributed by atoms with Crippen molar-refractivity contribution in [2.75, 3.05) is 11.1 Å². The summed E-state index contributed by atoms with van der Waals surface area (Å²) < 4.78 is 0.810. The predicted molar refractivity (Wildman–Crippen MR) is 110 cm³/mol. The highest BCUT2D eigenvalue weighted by Crippen LogP contribution is 2.25. The van der Waals surface area contributed by atoms with Crippen molar-refractivity contribution in [3.05, 3.63) is 62.8 Å². The summed E-state index contributed by atoms with van der Waals surface area (Å²) in [6.45, 7) is 4.01. The lowest BCUT2D eigenvalue weighted by Crippen LogP contribution is -2.15. The summed E-state index contributed by atoms with van der Waals surface area (Å²) in [5.74, 6) is 0.381. The maximum absolute atomic E-state index is 12.3. The molecule has 0 saturated heterocycles. The fourth-order valence-corrected chi connectivity index (χ4v) is 4.80. The van der Waals surface area contributed by atoms with Gasteiger partial charge in [-0.25, -0.2) is 4.98 Å². The molecule has 2 heterocycles. The van der Waals surface area contributed by atoms with Gasteiger partial charge in [-0.1, -0.05) is 30.0 Å². The number of thiazole rings is 1. The van der Waals surface area contributed by atoms with Crippen LogP contribution in [-0.4, -0.2) is 22.4 Å². The first-order chi connectivity index (χ1) is 12.5. The van der Waals surface area contributed by atoms with Gasteiger partial charge >= 0.3 is 0 Å². The zero-order chi connectivity index (χ0) is 18.5. The lowest BCUT2D eigenvalue weighted by Gasteiger charge is -2.09. The molecule has 0 fully saturated rings. The zero-order valence-electron chi connectivity index (χ0n) is 14.4. The molecule has 0 unspecified atom stereocenters. The minimum atomic E-state index is -0.0878. The van der Waals surface area contributed by atoms with Crippen LogP contribution < -0.4 is 5.32 Å². The Hall–Kier alpha value is -1.96. The number of carbonyl (C=O) groups is 2. The van der Waals surface area contributed by atoms with Gasteiger partial charge in [0.15, 0.2) is 10.1 Å². The monoisotopic (exact) mass is 402 g/mol. The molecule has 0 saturated carbocycles. The first-order valence-corrected chi connectivity index (χ1v) is 10.8. The normalized spacial score (nSPS) is 10.7. The zero-order valence-corrected chi connectivity index (χ0v) is 16.9. The molecule has 0 bridgehead atoms. The number of aromatic nitrogens is 1. The number of anilines is 1. The smallest absolute Gasteiger partial charge is 0.230 e. The van der Waals surface area contributed by atoms with Crippen molar-refractivity contribution in [3.8, 4) is 0 Å². The number of rotatable bonds is 7. The van der Waals surface area contributed by atoms with Gasteiger partial charge < -0.3 is 5.32 Å². The maximum Gasteiger partial charge on any atom is 0.230 e. The first kappa shape index (κ1) is 18.8. The summed E-state index contributed by atoms with van der Waals surface area (Å²) in [7, 11) is 0. The molecule has 2 aromatic heterocycles. The van der Waals surface area contributed by atoms with E-state index in [1.165, 1.54) is 34.4 Å². The van der Waals surface area contributed by atoms with Gasteiger partial charge in [-0.15, -0.1) is 22.7 Å².